The predicted molar refractivity (Wildman–Crippen MR) is 136 cm³/mol. The van der Waals surface area contributed by atoms with Crippen molar-refractivity contribution in [2.45, 2.75) is 6.92 Å². The van der Waals surface area contributed by atoms with Gasteiger partial charge in [-0.15, -0.1) is 0 Å². The van der Waals surface area contributed by atoms with Gasteiger partial charge in [0, 0.05) is 4.47 Å². The minimum Gasteiger partial charge on any atom is -0.493 e. The molecule has 184 valence electrons. The van der Waals surface area contributed by atoms with E-state index in [1.54, 1.807) is 37.3 Å². The molecule has 0 bridgehead atoms. The minimum absolute atomic E-state index is 0.113. The smallest absolute Gasteiger partial charge is 0.344 e. The maximum absolute atomic E-state index is 12.8. The quantitative estimate of drug-likeness (QED) is 0.333. The normalized spacial score (nSPS) is 14.3. The molecular weight excluding hydrogens is 564 g/mol. The van der Waals surface area contributed by atoms with Gasteiger partial charge in [0.15, 0.2) is 18.1 Å². The van der Waals surface area contributed by atoms with Gasteiger partial charge in [0.2, 0.25) is 5.91 Å². The molecule has 0 unspecified atom stereocenters. The van der Waals surface area contributed by atoms with Crippen LogP contribution in [-0.2, 0) is 19.1 Å². The number of nitrogens with zero attached hydrogens (tertiary/aromatic N) is 1. The first-order valence-corrected chi connectivity index (χ1v) is 12.2. The van der Waals surface area contributed by atoms with E-state index in [0.717, 1.165) is 4.90 Å². The van der Waals surface area contributed by atoms with Crippen molar-refractivity contribution in [2.24, 2.45) is 0 Å². The topological polar surface area (TPSA) is 111 Å². The van der Waals surface area contributed by atoms with Gasteiger partial charge in [-0.2, -0.15) is 0 Å². The summed E-state index contributed by atoms with van der Waals surface area (Å²) in [5.41, 5.74) is 0.977. The number of thioether (sulfide) groups is 1. The van der Waals surface area contributed by atoms with Crippen LogP contribution in [0.2, 0.25) is 5.02 Å². The summed E-state index contributed by atoms with van der Waals surface area (Å²) in [5.74, 6) is -1.34. The molecule has 2 aromatic rings. The SMILES string of the molecule is CCOC(=O)COc1c(Cl)cc(/C=C2\SC(=O)N(CC(=O)Nc3ccccc3Br)C2=O)cc1OC. The fourth-order valence-electron chi connectivity index (χ4n) is 2.98. The molecule has 35 heavy (non-hydrogen) atoms. The number of halogens is 2. The number of methoxy groups -OCH3 is 1. The molecule has 0 radical (unpaired) electrons. The van der Waals surface area contributed by atoms with Gasteiger partial charge in [0.25, 0.3) is 11.1 Å². The molecule has 9 nitrogen and oxygen atoms in total. The van der Waals surface area contributed by atoms with E-state index in [9.17, 15) is 19.2 Å². The number of hydrogen-bond acceptors (Lipinski definition) is 8. The van der Waals surface area contributed by atoms with Crippen LogP contribution in [0.5, 0.6) is 11.5 Å². The first kappa shape index (κ1) is 26.6. The molecule has 0 aromatic heterocycles. The molecule has 1 saturated heterocycles. The van der Waals surface area contributed by atoms with E-state index in [0.29, 0.717) is 27.5 Å². The molecule has 0 aliphatic carbocycles. The summed E-state index contributed by atoms with van der Waals surface area (Å²) in [5, 5.41) is 2.22. The van der Waals surface area contributed by atoms with E-state index in [1.165, 1.54) is 19.3 Å². The number of carbonyl (C=O) groups excluding carboxylic acids is 4. The zero-order valence-corrected chi connectivity index (χ0v) is 21.8. The Labute approximate surface area is 218 Å². The number of rotatable bonds is 9. The molecular formula is C23H20BrClN2O7S. The van der Waals surface area contributed by atoms with Crippen LogP contribution in [0.15, 0.2) is 45.8 Å². The van der Waals surface area contributed by atoms with E-state index in [-0.39, 0.29) is 34.6 Å². The Bertz CT molecular complexity index is 1200. The van der Waals surface area contributed by atoms with Gasteiger partial charge in [0.05, 0.1) is 29.3 Å². The molecule has 2 aromatic carbocycles. The first-order valence-electron chi connectivity index (χ1n) is 10.2. The van der Waals surface area contributed by atoms with E-state index in [1.807, 2.05) is 0 Å². The number of imide groups is 1. The van der Waals surface area contributed by atoms with E-state index in [2.05, 4.69) is 21.2 Å². The lowest BCUT2D eigenvalue weighted by atomic mass is 10.1. The third-order valence-corrected chi connectivity index (χ3v) is 6.39. The van der Waals surface area contributed by atoms with Crippen molar-refractivity contribution in [1.29, 1.82) is 0 Å². The van der Waals surface area contributed by atoms with Gasteiger partial charge >= 0.3 is 5.97 Å². The molecule has 3 rings (SSSR count). The number of esters is 1. The van der Waals surface area contributed by atoms with Gasteiger partial charge in [-0.3, -0.25) is 19.3 Å². The predicted octanol–water partition coefficient (Wildman–Crippen LogP) is 4.73. The van der Waals surface area contributed by atoms with Crippen molar-refractivity contribution in [1.82, 2.24) is 4.90 Å². The van der Waals surface area contributed by atoms with Crippen LogP contribution < -0.4 is 14.8 Å². The van der Waals surface area contributed by atoms with Crippen molar-refractivity contribution in [2.75, 3.05) is 32.2 Å². The third kappa shape index (κ3) is 6.77. The summed E-state index contributed by atoms with van der Waals surface area (Å²) in [6.07, 6.45) is 1.46. The van der Waals surface area contributed by atoms with Crippen LogP contribution in [0.1, 0.15) is 12.5 Å². The van der Waals surface area contributed by atoms with E-state index in [4.69, 9.17) is 25.8 Å². The van der Waals surface area contributed by atoms with E-state index >= 15 is 0 Å². The van der Waals surface area contributed by atoms with Crippen LogP contribution in [0, 0.1) is 0 Å². The standard InChI is InChI=1S/C23H20BrClN2O7S/c1-3-33-20(29)12-34-21-15(25)8-13(9-17(21)32-2)10-18-22(30)27(23(31)35-18)11-19(28)26-16-7-5-4-6-14(16)24/h4-10H,3,11-12H2,1-2H3,(H,26,28)/b18-10-. The highest BCUT2D eigenvalue weighted by Crippen LogP contribution is 2.39. The first-order chi connectivity index (χ1) is 16.7. The summed E-state index contributed by atoms with van der Waals surface area (Å²) in [6.45, 7) is 1.10. The van der Waals surface area contributed by atoms with Crippen molar-refractivity contribution in [3.63, 3.8) is 0 Å². The van der Waals surface area contributed by atoms with Gasteiger partial charge in [-0.05, 0) is 70.5 Å². The Balaban J connectivity index is 1.73. The highest BCUT2D eigenvalue weighted by molar-refractivity contribution is 9.10. The Morgan fingerprint density at radius 3 is 2.66 bits per heavy atom. The number of ether oxygens (including phenoxy) is 3. The molecule has 1 aliphatic rings. The Hall–Kier alpha value is -3.02. The number of amides is 3. The number of benzene rings is 2. The molecule has 1 aliphatic heterocycles. The average Bonchev–Trinajstić information content (AvgIpc) is 3.07. The van der Waals surface area contributed by atoms with Crippen molar-refractivity contribution in [3.8, 4) is 11.5 Å². The van der Waals surface area contributed by atoms with Crippen LogP contribution in [-0.4, -0.2) is 54.8 Å². The van der Waals surface area contributed by atoms with Crippen LogP contribution in [0.25, 0.3) is 6.08 Å². The van der Waals surface area contributed by atoms with Crippen LogP contribution >= 0.6 is 39.3 Å². The molecule has 0 spiro atoms. The lowest BCUT2D eigenvalue weighted by Gasteiger charge is -2.13. The lowest BCUT2D eigenvalue weighted by Crippen LogP contribution is -2.36. The molecule has 3 amide bonds. The summed E-state index contributed by atoms with van der Waals surface area (Å²) < 4.78 is 16.2. The minimum atomic E-state index is -0.611. The summed E-state index contributed by atoms with van der Waals surface area (Å²) >= 11 is 10.3. The second kappa shape index (κ2) is 12.1. The summed E-state index contributed by atoms with van der Waals surface area (Å²) in [4.78, 5) is 50.2. The van der Waals surface area contributed by atoms with Gasteiger partial charge in [0.1, 0.15) is 6.54 Å². The maximum Gasteiger partial charge on any atom is 0.344 e. The second-order valence-corrected chi connectivity index (χ2v) is 9.18. The molecule has 1 fully saturated rings. The van der Waals surface area contributed by atoms with Gasteiger partial charge in [-0.25, -0.2) is 4.79 Å². The monoisotopic (exact) mass is 582 g/mol. The Kier molecular flexibility index (Phi) is 9.19. The Morgan fingerprint density at radius 1 is 1.23 bits per heavy atom. The number of carbonyl (C=O) groups is 4. The van der Waals surface area contributed by atoms with Gasteiger partial charge in [-0.1, -0.05) is 23.7 Å². The van der Waals surface area contributed by atoms with Gasteiger partial charge < -0.3 is 19.5 Å². The fraction of sp³-hybridized carbons (Fsp3) is 0.217. The molecule has 12 heteroatoms. The highest BCUT2D eigenvalue weighted by Gasteiger charge is 2.36. The fourth-order valence-corrected chi connectivity index (χ4v) is 4.48. The van der Waals surface area contributed by atoms with E-state index < -0.39 is 29.6 Å². The molecule has 1 N–H and O–H groups in total. The van der Waals surface area contributed by atoms with Crippen molar-refractivity contribution in [3.05, 3.63) is 56.4 Å². The third-order valence-electron chi connectivity index (χ3n) is 4.51. The van der Waals surface area contributed by atoms with Crippen molar-refractivity contribution < 1.29 is 33.4 Å². The molecule has 1 heterocycles. The molecule has 0 saturated carbocycles. The summed E-state index contributed by atoms with van der Waals surface area (Å²) in [6, 6.07) is 10.0. The number of anilines is 1. The average molecular weight is 584 g/mol. The highest BCUT2D eigenvalue weighted by atomic mass is 79.9. The zero-order chi connectivity index (χ0) is 25.5. The lowest BCUT2D eigenvalue weighted by molar-refractivity contribution is -0.145. The summed E-state index contributed by atoms with van der Waals surface area (Å²) in [7, 11) is 1.39. The maximum atomic E-state index is 12.8. The zero-order valence-electron chi connectivity index (χ0n) is 18.6. The molecule has 0 atom stereocenters. The number of nitrogens with one attached hydrogen (secondary N) is 1. The number of hydrogen-bond donors (Lipinski definition) is 1. The van der Waals surface area contributed by atoms with Crippen molar-refractivity contribution >= 4 is 74.1 Å². The van der Waals surface area contributed by atoms with Crippen LogP contribution in [0.4, 0.5) is 10.5 Å². The second-order valence-electron chi connectivity index (χ2n) is 6.92. The Morgan fingerprint density at radius 2 is 1.97 bits per heavy atom. The number of para-hydroxylation sites is 1. The van der Waals surface area contributed by atoms with Crippen LogP contribution in [0.3, 0.4) is 0 Å². The largest absolute Gasteiger partial charge is 0.493 e.